The molecule has 3 aromatic rings. The van der Waals surface area contributed by atoms with Crippen molar-refractivity contribution in [2.45, 2.75) is 17.7 Å². The fourth-order valence-electron chi connectivity index (χ4n) is 2.81. The minimum atomic E-state index is -1.10. The average molecular weight is 461 g/mol. The first kappa shape index (κ1) is 30.8. The largest absolute Gasteiger partial charge is 0.480 e. The summed E-state index contributed by atoms with van der Waals surface area (Å²) < 4.78 is -0.427. The van der Waals surface area contributed by atoms with Crippen molar-refractivity contribution in [1.29, 1.82) is 0 Å². The standard InChI is InChI=1S/C19H16S.C4H8N2O3.2H3N.H2O/c20-19(16-10-4-1-5-11-16,17-12-6-2-7-13-17)18-14-8-3-9-15-18;1-2(3(7)8)6-4(5)9;;;/h1-15,20H;2H,1H3,(H,7,8)(H3,5,6,9);2*1H3;1H2/t;2-;;;/m.0.../s1. The third-order valence-corrected chi connectivity index (χ3v) is 5.08. The lowest BCUT2D eigenvalue weighted by atomic mass is 9.84. The molecule has 0 saturated heterocycles. The molecule has 3 aromatic carbocycles. The van der Waals surface area contributed by atoms with Crippen molar-refractivity contribution in [1.82, 2.24) is 17.6 Å². The molecule has 0 bridgehead atoms. The van der Waals surface area contributed by atoms with Crippen molar-refractivity contribution < 1.29 is 20.2 Å². The van der Waals surface area contributed by atoms with Crippen LogP contribution < -0.4 is 23.4 Å². The maximum Gasteiger partial charge on any atom is 0.325 e. The van der Waals surface area contributed by atoms with E-state index in [2.05, 4.69) is 78.5 Å². The molecule has 0 aromatic heterocycles. The van der Waals surface area contributed by atoms with Gasteiger partial charge in [-0.1, -0.05) is 91.0 Å². The van der Waals surface area contributed by atoms with Crippen LogP contribution in [0.1, 0.15) is 23.6 Å². The lowest BCUT2D eigenvalue weighted by molar-refractivity contribution is -0.138. The van der Waals surface area contributed by atoms with Gasteiger partial charge in [0.2, 0.25) is 0 Å². The maximum absolute atomic E-state index is 9.96. The van der Waals surface area contributed by atoms with E-state index in [-0.39, 0.29) is 17.8 Å². The van der Waals surface area contributed by atoms with Crippen molar-refractivity contribution >= 4 is 24.6 Å². The second-order valence-electron chi connectivity index (χ2n) is 6.38. The SMILES string of the molecule is C[C@H](NC(N)=O)C(=O)O.N.N.O.SC(c1ccccc1)(c1ccccc1)c1ccccc1. The Balaban J connectivity index is 0. The summed E-state index contributed by atoms with van der Waals surface area (Å²) in [5.41, 5.74) is 8.16. The number of primary amides is 1. The lowest BCUT2D eigenvalue weighted by Crippen LogP contribution is -2.41. The Hall–Kier alpha value is -3.37. The maximum atomic E-state index is 9.96. The predicted molar refractivity (Wildman–Crippen MR) is 132 cm³/mol. The van der Waals surface area contributed by atoms with Gasteiger partial charge in [-0.25, -0.2) is 4.79 Å². The molecule has 0 saturated carbocycles. The molecule has 9 heteroatoms. The number of thiol groups is 1. The molecule has 174 valence electrons. The number of hydrogen-bond acceptors (Lipinski definition) is 5. The molecule has 0 aliphatic carbocycles. The minimum absolute atomic E-state index is 0. The highest BCUT2D eigenvalue weighted by Gasteiger charge is 2.31. The van der Waals surface area contributed by atoms with Crippen molar-refractivity contribution in [2.24, 2.45) is 5.73 Å². The summed E-state index contributed by atoms with van der Waals surface area (Å²) in [4.78, 5) is 19.9. The zero-order valence-electron chi connectivity index (χ0n) is 17.9. The number of hydrogen-bond donors (Lipinski definition) is 6. The van der Waals surface area contributed by atoms with Crippen molar-refractivity contribution in [3.05, 3.63) is 108 Å². The van der Waals surface area contributed by atoms with Gasteiger partial charge in [-0.3, -0.25) is 4.79 Å². The molecule has 2 amide bonds. The van der Waals surface area contributed by atoms with Crippen LogP contribution in [0.3, 0.4) is 0 Å². The number of rotatable bonds is 5. The van der Waals surface area contributed by atoms with Crippen molar-refractivity contribution in [3.63, 3.8) is 0 Å². The fourth-order valence-corrected chi connectivity index (χ4v) is 3.26. The second-order valence-corrected chi connectivity index (χ2v) is 7.05. The van der Waals surface area contributed by atoms with Crippen LogP contribution in [0.15, 0.2) is 91.0 Å². The molecule has 8 nitrogen and oxygen atoms in total. The normalized spacial score (nSPS) is 10.4. The van der Waals surface area contributed by atoms with Crippen molar-refractivity contribution in [3.8, 4) is 0 Å². The van der Waals surface area contributed by atoms with Gasteiger partial charge in [-0.15, -0.1) is 0 Å². The number of carboxylic acid groups (broad SMARTS) is 1. The Labute approximate surface area is 193 Å². The van der Waals surface area contributed by atoms with E-state index in [1.165, 1.54) is 23.6 Å². The number of nitrogens with two attached hydrogens (primary N) is 1. The van der Waals surface area contributed by atoms with E-state index < -0.39 is 22.8 Å². The first-order chi connectivity index (χ1) is 13.9. The quantitative estimate of drug-likeness (QED) is 0.250. The summed E-state index contributed by atoms with van der Waals surface area (Å²) in [6.45, 7) is 1.33. The van der Waals surface area contributed by atoms with Gasteiger partial charge < -0.3 is 33.9 Å². The number of benzene rings is 3. The molecule has 0 unspecified atom stereocenters. The number of carboxylic acids is 1. The molecular weight excluding hydrogens is 428 g/mol. The molecule has 32 heavy (non-hydrogen) atoms. The topological polar surface area (TPSA) is 194 Å². The highest BCUT2D eigenvalue weighted by molar-refractivity contribution is 7.81. The van der Waals surface area contributed by atoms with Gasteiger partial charge in [-0.05, 0) is 23.6 Å². The Kier molecular flexibility index (Phi) is 14.1. The summed E-state index contributed by atoms with van der Waals surface area (Å²) in [5, 5.41) is 10.1. The minimum Gasteiger partial charge on any atom is -0.480 e. The van der Waals surface area contributed by atoms with Crippen LogP contribution in [0, 0.1) is 0 Å². The molecule has 0 heterocycles. The molecule has 0 aliphatic heterocycles. The first-order valence-corrected chi connectivity index (χ1v) is 9.48. The Morgan fingerprint density at radius 1 is 0.812 bits per heavy atom. The van der Waals surface area contributed by atoms with E-state index in [0.29, 0.717) is 0 Å². The molecule has 12 N–H and O–H groups in total. The highest BCUT2D eigenvalue weighted by atomic mass is 32.1. The molecule has 1 atom stereocenters. The third-order valence-electron chi connectivity index (χ3n) is 4.30. The zero-order valence-corrected chi connectivity index (χ0v) is 18.8. The third kappa shape index (κ3) is 8.05. The summed E-state index contributed by atoms with van der Waals surface area (Å²) in [6.07, 6.45) is 0. The lowest BCUT2D eigenvalue weighted by Gasteiger charge is -2.30. The number of carbonyl (C=O) groups is 2. The molecule has 3 rings (SSSR count). The summed E-state index contributed by atoms with van der Waals surface area (Å²) in [7, 11) is 0. The van der Waals surface area contributed by atoms with E-state index in [1.807, 2.05) is 23.5 Å². The van der Waals surface area contributed by atoms with E-state index in [1.54, 1.807) is 0 Å². The Bertz CT molecular complexity index is 832. The molecule has 0 aliphatic rings. The molecular formula is C23H32N4O4S. The average Bonchev–Trinajstić information content (AvgIpc) is 2.75. The summed E-state index contributed by atoms with van der Waals surface area (Å²) >= 11 is 5.09. The first-order valence-electron chi connectivity index (χ1n) is 9.03. The van der Waals surface area contributed by atoms with Gasteiger partial charge in [0.05, 0.1) is 4.75 Å². The number of amides is 2. The highest BCUT2D eigenvalue weighted by Crippen LogP contribution is 2.42. The second kappa shape index (κ2) is 14.6. The van der Waals surface area contributed by atoms with Crippen LogP contribution in [-0.2, 0) is 9.54 Å². The Morgan fingerprint density at radius 2 is 1.09 bits per heavy atom. The predicted octanol–water partition coefficient (Wildman–Crippen LogP) is 3.54. The van der Waals surface area contributed by atoms with Gasteiger partial charge in [0.25, 0.3) is 0 Å². The molecule has 0 spiro atoms. The van der Waals surface area contributed by atoms with E-state index >= 15 is 0 Å². The van der Waals surface area contributed by atoms with E-state index in [9.17, 15) is 9.59 Å². The van der Waals surface area contributed by atoms with E-state index in [0.717, 1.165) is 0 Å². The zero-order chi connectivity index (χ0) is 21.3. The van der Waals surface area contributed by atoms with Crippen LogP contribution in [0.5, 0.6) is 0 Å². The van der Waals surface area contributed by atoms with Gasteiger partial charge in [0, 0.05) is 0 Å². The summed E-state index contributed by atoms with van der Waals surface area (Å²) in [6, 6.07) is 29.5. The smallest absolute Gasteiger partial charge is 0.325 e. The number of urea groups is 1. The number of aliphatic carboxylic acids is 1. The number of nitrogens with one attached hydrogen (secondary N) is 1. The van der Waals surface area contributed by atoms with Crippen LogP contribution >= 0.6 is 12.6 Å². The molecule has 0 radical (unpaired) electrons. The Morgan fingerprint density at radius 3 is 1.28 bits per heavy atom. The van der Waals surface area contributed by atoms with Gasteiger partial charge in [-0.2, -0.15) is 12.6 Å². The van der Waals surface area contributed by atoms with Crippen LogP contribution in [0.2, 0.25) is 0 Å². The van der Waals surface area contributed by atoms with Crippen LogP contribution in [0.4, 0.5) is 4.79 Å². The van der Waals surface area contributed by atoms with Gasteiger partial charge in [0.1, 0.15) is 6.04 Å². The van der Waals surface area contributed by atoms with Gasteiger partial charge >= 0.3 is 12.0 Å². The van der Waals surface area contributed by atoms with E-state index in [4.69, 9.17) is 17.7 Å². The fraction of sp³-hybridized carbons (Fsp3) is 0.130. The van der Waals surface area contributed by atoms with Gasteiger partial charge in [0.15, 0.2) is 0 Å². The van der Waals surface area contributed by atoms with Crippen LogP contribution in [-0.4, -0.2) is 28.6 Å². The summed E-state index contributed by atoms with van der Waals surface area (Å²) in [5.74, 6) is -1.10. The van der Waals surface area contributed by atoms with Crippen LogP contribution in [0.25, 0.3) is 0 Å². The monoisotopic (exact) mass is 460 g/mol. The molecule has 0 fully saturated rings. The van der Waals surface area contributed by atoms with Crippen molar-refractivity contribution in [2.75, 3.05) is 0 Å². The number of carbonyl (C=O) groups excluding carboxylic acids is 1.